The first-order valence-corrected chi connectivity index (χ1v) is 6.57. The van der Waals surface area contributed by atoms with Crippen LogP contribution in [-0.4, -0.2) is 29.7 Å². The smallest absolute Gasteiger partial charge is 0.422 e. The van der Waals surface area contributed by atoms with Gasteiger partial charge in [-0.3, -0.25) is 4.79 Å². The lowest BCUT2D eigenvalue weighted by Crippen LogP contribution is -2.34. The molecule has 0 radical (unpaired) electrons. The number of rotatable bonds is 4. The number of nitrogens with one attached hydrogen (secondary N) is 1. The Kier molecular flexibility index (Phi) is 8.65. The molecule has 2 rings (SSSR count). The number of carbonyl (C=O) groups excluding carboxylic acids is 1. The molecule has 0 bridgehead atoms. The summed E-state index contributed by atoms with van der Waals surface area (Å²) in [6.07, 6.45) is -0.674. The third-order valence-corrected chi connectivity index (χ3v) is 3.29. The predicted octanol–water partition coefficient (Wildman–Crippen LogP) is 2.93. The molecule has 5 nitrogen and oxygen atoms in total. The van der Waals surface area contributed by atoms with Gasteiger partial charge in [-0.1, -0.05) is 6.42 Å². The summed E-state index contributed by atoms with van der Waals surface area (Å²) in [5.41, 5.74) is 6.24. The molecule has 1 amide bonds. The molecule has 1 aliphatic carbocycles. The first-order valence-electron chi connectivity index (χ1n) is 6.57. The van der Waals surface area contributed by atoms with Gasteiger partial charge in [-0.05, 0) is 18.9 Å². The quantitative estimate of drug-likeness (QED) is 0.847. The van der Waals surface area contributed by atoms with E-state index in [1.54, 1.807) is 0 Å². The highest BCUT2D eigenvalue weighted by Gasteiger charge is 2.30. The maximum atomic E-state index is 12.0. The van der Waals surface area contributed by atoms with Crippen LogP contribution in [0.5, 0.6) is 5.88 Å². The number of halogens is 5. The van der Waals surface area contributed by atoms with E-state index < -0.39 is 12.8 Å². The van der Waals surface area contributed by atoms with E-state index in [2.05, 4.69) is 15.0 Å². The number of amides is 1. The molecule has 2 unspecified atom stereocenters. The third kappa shape index (κ3) is 6.80. The number of anilines is 1. The molecule has 23 heavy (non-hydrogen) atoms. The van der Waals surface area contributed by atoms with Gasteiger partial charge < -0.3 is 15.8 Å². The van der Waals surface area contributed by atoms with Crippen LogP contribution in [0.25, 0.3) is 0 Å². The molecule has 3 N–H and O–H groups in total. The number of nitrogens with two attached hydrogens (primary N) is 1. The average Bonchev–Trinajstić information content (AvgIpc) is 2.83. The molecule has 2 atom stereocenters. The highest BCUT2D eigenvalue weighted by molar-refractivity contribution is 5.93. The van der Waals surface area contributed by atoms with Gasteiger partial charge in [0.25, 0.3) is 0 Å². The fraction of sp³-hybridized carbons (Fsp3) is 0.538. The average molecular weight is 376 g/mol. The van der Waals surface area contributed by atoms with E-state index in [4.69, 9.17) is 5.73 Å². The van der Waals surface area contributed by atoms with Crippen molar-refractivity contribution < 1.29 is 22.7 Å². The van der Waals surface area contributed by atoms with Crippen molar-refractivity contribution in [2.45, 2.75) is 31.5 Å². The lowest BCUT2D eigenvalue weighted by atomic mass is 10.0. The third-order valence-electron chi connectivity index (χ3n) is 3.29. The lowest BCUT2D eigenvalue weighted by molar-refractivity contribution is -0.154. The molecule has 0 spiro atoms. The molecule has 1 aromatic rings. The van der Waals surface area contributed by atoms with Crippen molar-refractivity contribution in [2.24, 2.45) is 11.7 Å². The fourth-order valence-corrected chi connectivity index (χ4v) is 2.24. The maximum absolute atomic E-state index is 12.0. The van der Waals surface area contributed by atoms with Gasteiger partial charge in [-0.15, -0.1) is 24.8 Å². The molecule has 1 saturated carbocycles. The Labute approximate surface area is 144 Å². The molecular weight excluding hydrogens is 358 g/mol. The summed E-state index contributed by atoms with van der Waals surface area (Å²) in [5.74, 6) is -0.570. The van der Waals surface area contributed by atoms with Gasteiger partial charge in [0.1, 0.15) is 0 Å². The van der Waals surface area contributed by atoms with Crippen molar-refractivity contribution in [3.8, 4) is 5.88 Å². The number of hydrogen-bond acceptors (Lipinski definition) is 4. The number of hydrogen-bond donors (Lipinski definition) is 2. The summed E-state index contributed by atoms with van der Waals surface area (Å²) in [5, 5.41) is 2.65. The first kappa shape index (κ1) is 21.8. The van der Waals surface area contributed by atoms with E-state index in [1.807, 2.05) is 0 Å². The molecule has 1 fully saturated rings. The summed E-state index contributed by atoms with van der Waals surface area (Å²) in [6.45, 7) is -1.40. The highest BCUT2D eigenvalue weighted by atomic mass is 35.5. The Bertz CT molecular complexity index is 500. The minimum atomic E-state index is -4.41. The molecule has 1 aliphatic rings. The van der Waals surface area contributed by atoms with E-state index in [0.29, 0.717) is 5.69 Å². The zero-order valence-electron chi connectivity index (χ0n) is 12.0. The van der Waals surface area contributed by atoms with Crippen LogP contribution in [0.1, 0.15) is 19.3 Å². The first-order chi connectivity index (χ1) is 9.85. The second-order valence-electron chi connectivity index (χ2n) is 4.98. The van der Waals surface area contributed by atoms with Crippen LogP contribution in [-0.2, 0) is 4.79 Å². The summed E-state index contributed by atoms with van der Waals surface area (Å²) < 4.78 is 40.4. The van der Waals surface area contributed by atoms with E-state index in [9.17, 15) is 18.0 Å². The van der Waals surface area contributed by atoms with Crippen molar-refractivity contribution in [1.29, 1.82) is 0 Å². The molecule has 10 heteroatoms. The molecule has 0 saturated heterocycles. The Morgan fingerprint density at radius 1 is 1.35 bits per heavy atom. The van der Waals surface area contributed by atoms with Crippen LogP contribution in [0.2, 0.25) is 0 Å². The zero-order valence-corrected chi connectivity index (χ0v) is 13.6. The normalized spacial score (nSPS) is 20.2. The molecule has 0 aliphatic heterocycles. The minimum absolute atomic E-state index is 0. The summed E-state index contributed by atoms with van der Waals surface area (Å²) in [7, 11) is 0. The predicted molar refractivity (Wildman–Crippen MR) is 84.2 cm³/mol. The Hall–Kier alpha value is -1.25. The van der Waals surface area contributed by atoms with Crippen LogP contribution in [0.3, 0.4) is 0 Å². The molecule has 1 heterocycles. The number of aromatic nitrogens is 1. The van der Waals surface area contributed by atoms with E-state index in [1.165, 1.54) is 18.3 Å². The maximum Gasteiger partial charge on any atom is 0.422 e. The largest absolute Gasteiger partial charge is 0.468 e. The Morgan fingerprint density at radius 3 is 2.52 bits per heavy atom. The van der Waals surface area contributed by atoms with E-state index in [0.717, 1.165) is 19.3 Å². The van der Waals surface area contributed by atoms with Crippen LogP contribution < -0.4 is 15.8 Å². The molecule has 1 aromatic heterocycles. The SMILES string of the molecule is Cl.Cl.NC1CCCC1C(=O)Nc1ccc(OCC(F)(F)F)nc1. The van der Waals surface area contributed by atoms with Crippen LogP contribution >= 0.6 is 24.8 Å². The Balaban J connectivity index is 0.00000242. The lowest BCUT2D eigenvalue weighted by Gasteiger charge is -2.15. The van der Waals surface area contributed by atoms with Gasteiger partial charge in [0.15, 0.2) is 6.61 Å². The number of carbonyl (C=O) groups is 1. The summed E-state index contributed by atoms with van der Waals surface area (Å²) in [4.78, 5) is 15.7. The van der Waals surface area contributed by atoms with E-state index in [-0.39, 0.29) is 48.6 Å². The second-order valence-corrected chi connectivity index (χ2v) is 4.98. The zero-order chi connectivity index (χ0) is 15.5. The van der Waals surface area contributed by atoms with Crippen LogP contribution in [0.15, 0.2) is 18.3 Å². The second kappa shape index (κ2) is 9.14. The van der Waals surface area contributed by atoms with Crippen molar-refractivity contribution in [3.63, 3.8) is 0 Å². The van der Waals surface area contributed by atoms with Crippen molar-refractivity contribution >= 4 is 36.4 Å². The van der Waals surface area contributed by atoms with Crippen molar-refractivity contribution in [1.82, 2.24) is 4.98 Å². The minimum Gasteiger partial charge on any atom is -0.468 e. The van der Waals surface area contributed by atoms with Gasteiger partial charge in [-0.25, -0.2) is 4.98 Å². The van der Waals surface area contributed by atoms with Crippen molar-refractivity contribution in [2.75, 3.05) is 11.9 Å². The van der Waals surface area contributed by atoms with Gasteiger partial charge in [-0.2, -0.15) is 13.2 Å². The molecular formula is C13H18Cl2F3N3O2. The number of alkyl halides is 3. The highest BCUT2D eigenvalue weighted by Crippen LogP contribution is 2.25. The van der Waals surface area contributed by atoms with Gasteiger partial charge >= 0.3 is 6.18 Å². The molecule has 132 valence electrons. The standard InChI is InChI=1S/C13H16F3N3O2.2ClH/c14-13(15,16)7-21-11-5-4-8(6-18-11)19-12(20)9-2-1-3-10(9)17;;/h4-6,9-10H,1-3,7,17H2,(H,19,20);2*1H. The van der Waals surface area contributed by atoms with Gasteiger partial charge in [0.2, 0.25) is 11.8 Å². The van der Waals surface area contributed by atoms with Gasteiger partial charge in [0.05, 0.1) is 17.8 Å². The number of ether oxygens (including phenoxy) is 1. The van der Waals surface area contributed by atoms with Crippen LogP contribution in [0, 0.1) is 5.92 Å². The van der Waals surface area contributed by atoms with Crippen LogP contribution in [0.4, 0.5) is 18.9 Å². The number of pyridine rings is 1. The summed E-state index contributed by atoms with van der Waals surface area (Å²) in [6, 6.07) is 2.57. The summed E-state index contributed by atoms with van der Waals surface area (Å²) >= 11 is 0. The topological polar surface area (TPSA) is 77.2 Å². The van der Waals surface area contributed by atoms with Crippen molar-refractivity contribution in [3.05, 3.63) is 18.3 Å². The van der Waals surface area contributed by atoms with E-state index >= 15 is 0 Å². The number of nitrogens with zero attached hydrogens (tertiary/aromatic N) is 1. The fourth-order valence-electron chi connectivity index (χ4n) is 2.24. The Morgan fingerprint density at radius 2 is 2.04 bits per heavy atom. The monoisotopic (exact) mass is 375 g/mol. The molecule has 0 aromatic carbocycles. The van der Waals surface area contributed by atoms with Gasteiger partial charge in [0, 0.05) is 12.1 Å².